The molecule has 2 N–H and O–H groups in total. The van der Waals surface area contributed by atoms with Crippen molar-refractivity contribution in [3.8, 4) is 0 Å². The third kappa shape index (κ3) is 4.23. The van der Waals surface area contributed by atoms with Crippen molar-refractivity contribution in [3.63, 3.8) is 0 Å². The average Bonchev–Trinajstić information content (AvgIpc) is 2.82. The summed E-state index contributed by atoms with van der Waals surface area (Å²) in [5.74, 6) is -1.32. The number of non-ortho nitro benzene ring substituents is 1. The van der Waals surface area contributed by atoms with Crippen molar-refractivity contribution in [3.05, 3.63) is 103 Å². The van der Waals surface area contributed by atoms with Crippen LogP contribution in [0.25, 0.3) is 0 Å². The predicted octanol–water partition coefficient (Wildman–Crippen LogP) is 3.68. The number of nitro benzene ring substituents is 2. The fourth-order valence-electron chi connectivity index (χ4n) is 3.67. The third-order valence-electron chi connectivity index (χ3n) is 5.20. The molecule has 3 aromatic rings. The van der Waals surface area contributed by atoms with Crippen molar-refractivity contribution in [2.45, 2.75) is 6.92 Å². The number of hydrogen-bond acceptors (Lipinski definition) is 9. The van der Waals surface area contributed by atoms with Crippen LogP contribution in [0.3, 0.4) is 0 Å². The highest BCUT2D eigenvalue weighted by molar-refractivity contribution is 6.31. The van der Waals surface area contributed by atoms with Crippen molar-refractivity contribution in [2.24, 2.45) is 5.10 Å². The van der Waals surface area contributed by atoms with E-state index in [1.54, 1.807) is 18.2 Å². The lowest BCUT2D eigenvalue weighted by Crippen LogP contribution is -2.24. The van der Waals surface area contributed by atoms with Gasteiger partial charge >= 0.3 is 5.69 Å². The van der Waals surface area contributed by atoms with Gasteiger partial charge in [-0.1, -0.05) is 30.3 Å². The van der Waals surface area contributed by atoms with Gasteiger partial charge in [0.05, 0.1) is 33.4 Å². The minimum Gasteiger partial charge on any atom is -0.325 e. The number of ketones is 2. The van der Waals surface area contributed by atoms with Crippen molar-refractivity contribution in [1.29, 1.82) is 0 Å². The standard InChI is InChI=1S/C23H15N5O7/c1-12(29)25-21-13(11-24-26-18-9-7-14(27(32)33)10-19(18)28(34)35)6-8-17-20(21)23(31)16-5-3-2-4-15(16)22(17)30/h2-11,26H,1H3,(H,25,29). The van der Waals surface area contributed by atoms with Crippen LogP contribution in [-0.4, -0.2) is 33.5 Å². The van der Waals surface area contributed by atoms with E-state index in [2.05, 4.69) is 15.8 Å². The second kappa shape index (κ2) is 8.94. The summed E-state index contributed by atoms with van der Waals surface area (Å²) >= 11 is 0. The average molecular weight is 473 g/mol. The number of hydrazone groups is 1. The van der Waals surface area contributed by atoms with Gasteiger partial charge in [-0.05, 0) is 12.1 Å². The van der Waals surface area contributed by atoms with Gasteiger partial charge in [0, 0.05) is 35.2 Å². The van der Waals surface area contributed by atoms with Crippen LogP contribution in [0.4, 0.5) is 22.7 Å². The second-order valence-electron chi connectivity index (χ2n) is 7.42. The molecule has 0 radical (unpaired) electrons. The van der Waals surface area contributed by atoms with Crippen LogP contribution >= 0.6 is 0 Å². The lowest BCUT2D eigenvalue weighted by atomic mass is 9.82. The Hall–Kier alpha value is -5.26. The minimum absolute atomic E-state index is 0.00849. The van der Waals surface area contributed by atoms with Gasteiger partial charge in [-0.25, -0.2) is 0 Å². The lowest BCUT2D eigenvalue weighted by Gasteiger charge is -2.21. The molecule has 1 aliphatic rings. The van der Waals surface area contributed by atoms with Crippen LogP contribution in [0, 0.1) is 20.2 Å². The molecule has 0 heterocycles. The number of carbonyl (C=O) groups excluding carboxylic acids is 3. The van der Waals surface area contributed by atoms with Gasteiger partial charge in [-0.3, -0.25) is 40.0 Å². The molecule has 0 saturated heterocycles. The zero-order valence-electron chi connectivity index (χ0n) is 18.0. The predicted molar refractivity (Wildman–Crippen MR) is 125 cm³/mol. The molecule has 1 amide bonds. The maximum Gasteiger partial charge on any atom is 0.301 e. The van der Waals surface area contributed by atoms with E-state index in [-0.39, 0.29) is 45.0 Å². The van der Waals surface area contributed by atoms with Crippen molar-refractivity contribution in [2.75, 3.05) is 10.7 Å². The third-order valence-corrected chi connectivity index (χ3v) is 5.20. The topological polar surface area (TPSA) is 174 Å². The first-order valence-electron chi connectivity index (χ1n) is 10.0. The van der Waals surface area contributed by atoms with E-state index in [9.17, 15) is 34.6 Å². The molecule has 0 aliphatic heterocycles. The summed E-state index contributed by atoms with van der Waals surface area (Å²) in [5.41, 5.74) is 2.19. The number of benzene rings is 3. The number of nitrogens with one attached hydrogen (secondary N) is 2. The summed E-state index contributed by atoms with van der Waals surface area (Å²) in [6.45, 7) is 1.24. The summed E-state index contributed by atoms with van der Waals surface area (Å²) in [4.78, 5) is 58.7. The number of nitrogens with zero attached hydrogens (tertiary/aromatic N) is 3. The molecule has 0 fully saturated rings. The lowest BCUT2D eigenvalue weighted by molar-refractivity contribution is -0.393. The first kappa shape index (κ1) is 22.9. The van der Waals surface area contributed by atoms with E-state index in [0.29, 0.717) is 0 Å². The van der Waals surface area contributed by atoms with Crippen molar-refractivity contribution >= 4 is 46.4 Å². The molecule has 0 spiro atoms. The maximum absolute atomic E-state index is 13.2. The summed E-state index contributed by atoms with van der Waals surface area (Å²) in [6.07, 6.45) is 1.20. The van der Waals surface area contributed by atoms with Crippen LogP contribution in [0.2, 0.25) is 0 Å². The Balaban J connectivity index is 1.75. The number of amides is 1. The number of nitro groups is 2. The molecule has 35 heavy (non-hydrogen) atoms. The number of rotatable bonds is 6. The number of fused-ring (bicyclic) bond motifs is 2. The Morgan fingerprint density at radius 1 is 0.914 bits per heavy atom. The Morgan fingerprint density at radius 2 is 1.60 bits per heavy atom. The quantitative estimate of drug-likeness (QED) is 0.242. The Bertz CT molecular complexity index is 1480. The largest absolute Gasteiger partial charge is 0.325 e. The molecular formula is C23H15N5O7. The van der Waals surface area contributed by atoms with Crippen LogP contribution in [-0.2, 0) is 4.79 Å². The molecule has 0 unspecified atom stereocenters. The molecule has 0 aromatic heterocycles. The van der Waals surface area contributed by atoms with E-state index < -0.39 is 32.9 Å². The van der Waals surface area contributed by atoms with E-state index in [1.165, 1.54) is 31.3 Å². The van der Waals surface area contributed by atoms with Crippen molar-refractivity contribution in [1.82, 2.24) is 0 Å². The first-order valence-corrected chi connectivity index (χ1v) is 10.0. The van der Waals surface area contributed by atoms with E-state index in [0.717, 1.165) is 18.2 Å². The van der Waals surface area contributed by atoms with Crippen LogP contribution < -0.4 is 10.7 Å². The molecule has 0 atom stereocenters. The molecule has 0 saturated carbocycles. The van der Waals surface area contributed by atoms with E-state index >= 15 is 0 Å². The van der Waals surface area contributed by atoms with Gasteiger partial charge in [-0.2, -0.15) is 5.10 Å². The number of hydrogen-bond donors (Lipinski definition) is 2. The molecular weight excluding hydrogens is 458 g/mol. The fourth-order valence-corrected chi connectivity index (χ4v) is 3.67. The highest BCUT2D eigenvalue weighted by atomic mass is 16.6. The van der Waals surface area contributed by atoms with Crippen LogP contribution in [0.1, 0.15) is 44.3 Å². The van der Waals surface area contributed by atoms with Gasteiger partial charge in [0.1, 0.15) is 5.69 Å². The highest BCUT2D eigenvalue weighted by Gasteiger charge is 2.32. The summed E-state index contributed by atoms with van der Waals surface area (Å²) in [5, 5.41) is 28.7. The molecule has 3 aromatic carbocycles. The molecule has 1 aliphatic carbocycles. The summed E-state index contributed by atoms with van der Waals surface area (Å²) in [6, 6.07) is 12.3. The smallest absolute Gasteiger partial charge is 0.301 e. The molecule has 174 valence electrons. The Kier molecular flexibility index (Phi) is 5.85. The van der Waals surface area contributed by atoms with Gasteiger partial charge in [-0.15, -0.1) is 0 Å². The van der Waals surface area contributed by atoms with Gasteiger partial charge < -0.3 is 5.32 Å². The van der Waals surface area contributed by atoms with Crippen LogP contribution in [0.15, 0.2) is 59.7 Å². The Morgan fingerprint density at radius 3 is 2.23 bits per heavy atom. The normalized spacial score (nSPS) is 12.1. The SMILES string of the molecule is CC(=O)Nc1c(C=NNc2ccc([N+](=O)[O-])cc2[N+](=O)[O-])ccc2c1C(=O)c1ccccc1C2=O. The molecule has 12 heteroatoms. The van der Waals surface area contributed by atoms with Gasteiger partial charge in [0.15, 0.2) is 11.6 Å². The zero-order valence-corrected chi connectivity index (χ0v) is 18.0. The molecule has 4 rings (SSSR count). The van der Waals surface area contributed by atoms with Crippen LogP contribution in [0.5, 0.6) is 0 Å². The Labute approximate surface area is 196 Å². The number of carbonyl (C=O) groups is 3. The van der Waals surface area contributed by atoms with E-state index in [1.807, 2.05) is 0 Å². The van der Waals surface area contributed by atoms with Crippen molar-refractivity contribution < 1.29 is 24.2 Å². The monoisotopic (exact) mass is 473 g/mol. The maximum atomic E-state index is 13.2. The van der Waals surface area contributed by atoms with Gasteiger partial charge in [0.25, 0.3) is 5.69 Å². The summed E-state index contributed by atoms with van der Waals surface area (Å²) < 4.78 is 0. The second-order valence-corrected chi connectivity index (χ2v) is 7.42. The van der Waals surface area contributed by atoms with E-state index in [4.69, 9.17) is 0 Å². The minimum atomic E-state index is -0.797. The molecule has 12 nitrogen and oxygen atoms in total. The first-order chi connectivity index (χ1) is 16.7. The summed E-state index contributed by atoms with van der Waals surface area (Å²) in [7, 11) is 0. The molecule has 0 bridgehead atoms. The highest BCUT2D eigenvalue weighted by Crippen LogP contribution is 2.34. The fraction of sp³-hybridized carbons (Fsp3) is 0.0435. The number of anilines is 2. The zero-order chi connectivity index (χ0) is 25.3. The van der Waals surface area contributed by atoms with Gasteiger partial charge in [0.2, 0.25) is 5.91 Å².